The molecule has 0 aromatic heterocycles. The highest BCUT2D eigenvalue weighted by Crippen LogP contribution is 2.40. The van der Waals surface area contributed by atoms with Gasteiger partial charge >= 0.3 is 5.97 Å². The molecule has 1 aliphatic carbocycles. The Labute approximate surface area is 105 Å². The Morgan fingerprint density at radius 2 is 2.06 bits per heavy atom. The SMILES string of the molecule is CCCCCCC(C)OC1(CC(=O)O)CCC1. The maximum absolute atomic E-state index is 10.8. The molecule has 0 aliphatic heterocycles. The summed E-state index contributed by atoms with van der Waals surface area (Å²) < 4.78 is 5.98. The quantitative estimate of drug-likeness (QED) is 0.626. The van der Waals surface area contributed by atoms with Gasteiger partial charge in [0.2, 0.25) is 0 Å². The molecule has 0 radical (unpaired) electrons. The Morgan fingerprint density at radius 3 is 2.53 bits per heavy atom. The molecule has 1 unspecified atom stereocenters. The molecule has 0 aromatic rings. The minimum atomic E-state index is -0.733. The zero-order valence-electron chi connectivity index (χ0n) is 11.2. The number of unbranched alkanes of at least 4 members (excludes halogenated alkanes) is 3. The summed E-state index contributed by atoms with van der Waals surface area (Å²) in [5, 5.41) is 8.89. The number of rotatable bonds is 9. The lowest BCUT2D eigenvalue weighted by Gasteiger charge is -2.42. The van der Waals surface area contributed by atoms with Gasteiger partial charge < -0.3 is 9.84 Å². The number of ether oxygens (including phenoxy) is 1. The summed E-state index contributed by atoms with van der Waals surface area (Å²) in [6.07, 6.45) is 9.35. The van der Waals surface area contributed by atoms with Gasteiger partial charge in [0.25, 0.3) is 0 Å². The largest absolute Gasteiger partial charge is 0.481 e. The molecule has 1 N–H and O–H groups in total. The molecule has 3 nitrogen and oxygen atoms in total. The minimum absolute atomic E-state index is 0.173. The number of carboxylic acid groups (broad SMARTS) is 1. The summed E-state index contributed by atoms with van der Waals surface area (Å²) in [5.41, 5.74) is -0.337. The highest BCUT2D eigenvalue weighted by molar-refractivity contribution is 5.68. The van der Waals surface area contributed by atoms with Crippen LogP contribution in [0.4, 0.5) is 0 Å². The second-order valence-corrected chi connectivity index (χ2v) is 5.38. The fraction of sp³-hybridized carbons (Fsp3) is 0.929. The van der Waals surface area contributed by atoms with Crippen molar-refractivity contribution in [2.45, 2.75) is 83.3 Å². The predicted molar refractivity (Wildman–Crippen MR) is 68.1 cm³/mol. The van der Waals surface area contributed by atoms with Gasteiger partial charge in [0.05, 0.1) is 18.1 Å². The molecule has 1 aliphatic rings. The van der Waals surface area contributed by atoms with Crippen molar-refractivity contribution in [3.63, 3.8) is 0 Å². The van der Waals surface area contributed by atoms with Crippen LogP contribution in [0.25, 0.3) is 0 Å². The second-order valence-electron chi connectivity index (χ2n) is 5.38. The van der Waals surface area contributed by atoms with Gasteiger partial charge in [-0.3, -0.25) is 4.79 Å². The number of hydrogen-bond acceptors (Lipinski definition) is 2. The van der Waals surface area contributed by atoms with E-state index in [4.69, 9.17) is 9.84 Å². The summed E-state index contributed by atoms with van der Waals surface area (Å²) in [4.78, 5) is 10.8. The lowest BCUT2D eigenvalue weighted by Crippen LogP contribution is -2.44. The van der Waals surface area contributed by atoms with E-state index in [2.05, 4.69) is 13.8 Å². The van der Waals surface area contributed by atoms with Crippen LogP contribution in [-0.2, 0) is 9.53 Å². The van der Waals surface area contributed by atoms with E-state index < -0.39 is 5.97 Å². The minimum Gasteiger partial charge on any atom is -0.481 e. The van der Waals surface area contributed by atoms with E-state index >= 15 is 0 Å². The maximum atomic E-state index is 10.8. The molecule has 1 saturated carbocycles. The average molecular weight is 242 g/mol. The Balaban J connectivity index is 2.23. The van der Waals surface area contributed by atoms with E-state index in [-0.39, 0.29) is 18.1 Å². The normalized spacial score (nSPS) is 19.6. The van der Waals surface area contributed by atoms with Crippen LogP contribution in [0.15, 0.2) is 0 Å². The van der Waals surface area contributed by atoms with Crippen molar-refractivity contribution in [3.05, 3.63) is 0 Å². The van der Waals surface area contributed by atoms with Crippen LogP contribution in [0.1, 0.15) is 71.6 Å². The van der Waals surface area contributed by atoms with Crippen LogP contribution < -0.4 is 0 Å². The molecule has 100 valence electrons. The number of hydrogen-bond donors (Lipinski definition) is 1. The van der Waals surface area contributed by atoms with E-state index in [9.17, 15) is 4.79 Å². The lowest BCUT2D eigenvalue weighted by molar-refractivity contribution is -0.165. The van der Waals surface area contributed by atoms with Gasteiger partial charge in [-0.1, -0.05) is 32.6 Å². The zero-order chi connectivity index (χ0) is 12.7. The third-order valence-corrected chi connectivity index (χ3v) is 3.65. The van der Waals surface area contributed by atoms with Gasteiger partial charge in [-0.05, 0) is 32.6 Å². The van der Waals surface area contributed by atoms with Gasteiger partial charge in [0, 0.05) is 0 Å². The van der Waals surface area contributed by atoms with E-state index in [0.29, 0.717) is 0 Å². The van der Waals surface area contributed by atoms with E-state index in [1.54, 1.807) is 0 Å². The first-order valence-corrected chi connectivity index (χ1v) is 6.97. The first-order valence-electron chi connectivity index (χ1n) is 6.97. The molecule has 1 rings (SSSR count). The van der Waals surface area contributed by atoms with Crippen LogP contribution in [0, 0.1) is 0 Å². The molecular formula is C14H26O3. The first-order chi connectivity index (χ1) is 8.08. The molecule has 0 bridgehead atoms. The second kappa shape index (κ2) is 7.00. The van der Waals surface area contributed by atoms with Crippen LogP contribution in [-0.4, -0.2) is 22.8 Å². The molecule has 1 fully saturated rings. The number of aliphatic carboxylic acids is 1. The van der Waals surface area contributed by atoms with Gasteiger partial charge in [0.15, 0.2) is 0 Å². The molecule has 1 atom stereocenters. The molecule has 0 amide bonds. The van der Waals surface area contributed by atoms with Gasteiger partial charge in [-0.15, -0.1) is 0 Å². The van der Waals surface area contributed by atoms with Crippen molar-refractivity contribution in [1.82, 2.24) is 0 Å². The van der Waals surface area contributed by atoms with E-state index in [1.165, 1.54) is 25.7 Å². The lowest BCUT2D eigenvalue weighted by atomic mass is 9.77. The standard InChI is InChI=1S/C14H26O3/c1-3-4-5-6-8-12(2)17-14(9-7-10-14)11-13(15)16/h12H,3-11H2,1-2H3,(H,15,16). The van der Waals surface area contributed by atoms with Crippen molar-refractivity contribution < 1.29 is 14.6 Å². The summed E-state index contributed by atoms with van der Waals surface area (Å²) in [6, 6.07) is 0. The van der Waals surface area contributed by atoms with Crippen molar-refractivity contribution in [3.8, 4) is 0 Å². The molecular weight excluding hydrogens is 216 g/mol. The monoisotopic (exact) mass is 242 g/mol. The average Bonchev–Trinajstić information content (AvgIpc) is 2.20. The fourth-order valence-corrected chi connectivity index (χ4v) is 2.53. The van der Waals surface area contributed by atoms with Crippen molar-refractivity contribution in [1.29, 1.82) is 0 Å². The molecule has 0 aromatic carbocycles. The van der Waals surface area contributed by atoms with Gasteiger partial charge in [-0.25, -0.2) is 0 Å². The van der Waals surface area contributed by atoms with Crippen LogP contribution in [0.5, 0.6) is 0 Å². The Morgan fingerprint density at radius 1 is 1.35 bits per heavy atom. The van der Waals surface area contributed by atoms with Crippen molar-refractivity contribution >= 4 is 5.97 Å². The highest BCUT2D eigenvalue weighted by Gasteiger charge is 2.41. The topological polar surface area (TPSA) is 46.5 Å². The van der Waals surface area contributed by atoms with E-state index in [1.807, 2.05) is 0 Å². The van der Waals surface area contributed by atoms with Gasteiger partial charge in [-0.2, -0.15) is 0 Å². The van der Waals surface area contributed by atoms with Gasteiger partial charge in [0.1, 0.15) is 0 Å². The molecule has 0 spiro atoms. The Hall–Kier alpha value is -0.570. The fourth-order valence-electron chi connectivity index (χ4n) is 2.53. The maximum Gasteiger partial charge on any atom is 0.306 e. The number of carbonyl (C=O) groups is 1. The van der Waals surface area contributed by atoms with Crippen LogP contribution in [0.3, 0.4) is 0 Å². The number of carboxylic acids is 1. The predicted octanol–water partition coefficient (Wildman–Crippen LogP) is 3.76. The van der Waals surface area contributed by atoms with Crippen LogP contribution in [0.2, 0.25) is 0 Å². The van der Waals surface area contributed by atoms with Crippen LogP contribution >= 0.6 is 0 Å². The van der Waals surface area contributed by atoms with Crippen molar-refractivity contribution in [2.75, 3.05) is 0 Å². The summed E-state index contributed by atoms with van der Waals surface area (Å²) >= 11 is 0. The summed E-state index contributed by atoms with van der Waals surface area (Å²) in [7, 11) is 0. The molecule has 0 saturated heterocycles. The Bertz CT molecular complexity index is 234. The smallest absolute Gasteiger partial charge is 0.306 e. The summed E-state index contributed by atoms with van der Waals surface area (Å²) in [6.45, 7) is 4.28. The van der Waals surface area contributed by atoms with E-state index in [0.717, 1.165) is 25.7 Å². The molecule has 0 heterocycles. The zero-order valence-corrected chi connectivity index (χ0v) is 11.2. The first kappa shape index (κ1) is 14.5. The molecule has 3 heteroatoms. The summed E-state index contributed by atoms with van der Waals surface area (Å²) in [5.74, 6) is -0.733. The third-order valence-electron chi connectivity index (χ3n) is 3.65. The molecule has 17 heavy (non-hydrogen) atoms. The highest BCUT2D eigenvalue weighted by atomic mass is 16.5. The van der Waals surface area contributed by atoms with Crippen molar-refractivity contribution in [2.24, 2.45) is 0 Å². The Kier molecular flexibility index (Phi) is 5.96. The third kappa shape index (κ3) is 5.07.